The molecule has 0 radical (unpaired) electrons. The van der Waals surface area contributed by atoms with E-state index in [1.807, 2.05) is 18.7 Å². The summed E-state index contributed by atoms with van der Waals surface area (Å²) in [4.78, 5) is 16.6. The van der Waals surface area contributed by atoms with Gasteiger partial charge in [-0.3, -0.25) is 4.79 Å². The lowest BCUT2D eigenvalue weighted by molar-refractivity contribution is -0.137. The van der Waals surface area contributed by atoms with Gasteiger partial charge >= 0.3 is 0 Å². The maximum absolute atomic E-state index is 12.1. The van der Waals surface area contributed by atoms with Crippen LogP contribution in [0, 0.1) is 11.8 Å². The summed E-state index contributed by atoms with van der Waals surface area (Å²) < 4.78 is 5.58. The van der Waals surface area contributed by atoms with E-state index in [1.54, 1.807) is 0 Å². The Hall–Kier alpha value is -0.650. The third-order valence-corrected chi connectivity index (χ3v) is 5.03. The van der Waals surface area contributed by atoms with Gasteiger partial charge in [0.2, 0.25) is 5.91 Å². The first-order valence-corrected chi connectivity index (χ1v) is 9.95. The zero-order valence-corrected chi connectivity index (χ0v) is 16.4. The van der Waals surface area contributed by atoms with Gasteiger partial charge in [-0.15, -0.1) is 0 Å². The average Bonchev–Trinajstić information content (AvgIpc) is 2.64. The van der Waals surface area contributed by atoms with Crippen LogP contribution in [0.1, 0.15) is 47.0 Å². The molecule has 2 fully saturated rings. The number of carbonyl (C=O) groups is 1. The van der Waals surface area contributed by atoms with Crippen molar-refractivity contribution in [3.05, 3.63) is 0 Å². The number of nitrogens with one attached hydrogen (secondary N) is 1. The molecule has 2 saturated heterocycles. The number of ether oxygens (including phenoxy) is 1. The highest BCUT2D eigenvalue weighted by Crippen LogP contribution is 2.24. The van der Waals surface area contributed by atoms with Crippen molar-refractivity contribution in [2.24, 2.45) is 11.8 Å². The van der Waals surface area contributed by atoms with Crippen molar-refractivity contribution in [1.29, 1.82) is 0 Å². The largest absolute Gasteiger partial charge is 0.372 e. The number of nitrogens with zero attached hydrogens (tertiary/aromatic N) is 2. The Morgan fingerprint density at radius 2 is 1.75 bits per heavy atom. The monoisotopic (exact) mass is 341 g/mol. The molecule has 0 unspecified atom stereocenters. The minimum absolute atomic E-state index is 0.171. The lowest BCUT2D eigenvalue weighted by Crippen LogP contribution is -2.44. The third-order valence-electron chi connectivity index (χ3n) is 5.03. The summed E-state index contributed by atoms with van der Waals surface area (Å²) in [6.07, 6.45) is 3.31. The quantitative estimate of drug-likeness (QED) is 0.721. The molecule has 0 spiro atoms. The van der Waals surface area contributed by atoms with Crippen LogP contribution >= 0.6 is 0 Å². The van der Waals surface area contributed by atoms with Gasteiger partial charge in [0.15, 0.2) is 0 Å². The SMILES string of the molecule is CC.CC(C)C1CCN(C(=O)COCCCN2CCNCC2)CC1. The minimum atomic E-state index is 0.171. The van der Waals surface area contributed by atoms with Crippen molar-refractivity contribution in [3.8, 4) is 0 Å². The molecule has 1 amide bonds. The van der Waals surface area contributed by atoms with Crippen LogP contribution in [0.3, 0.4) is 0 Å². The van der Waals surface area contributed by atoms with Crippen LogP contribution < -0.4 is 5.32 Å². The van der Waals surface area contributed by atoms with Gasteiger partial charge in [0, 0.05) is 52.4 Å². The molecule has 24 heavy (non-hydrogen) atoms. The first-order valence-electron chi connectivity index (χ1n) is 9.95. The summed E-state index contributed by atoms with van der Waals surface area (Å²) in [6.45, 7) is 16.8. The van der Waals surface area contributed by atoms with Crippen LogP contribution in [-0.4, -0.2) is 74.7 Å². The number of carbonyl (C=O) groups excluding carboxylic acids is 1. The number of hydrogen-bond acceptors (Lipinski definition) is 4. The molecular formula is C19H39N3O2. The fourth-order valence-electron chi connectivity index (χ4n) is 3.39. The minimum Gasteiger partial charge on any atom is -0.372 e. The standard InChI is InChI=1S/C17H33N3O2.C2H6/c1-15(2)16-4-9-20(10-5-16)17(21)14-22-13-3-8-19-11-6-18-7-12-19;1-2/h15-16,18H,3-14H2,1-2H3;1-2H3. The molecule has 2 aliphatic heterocycles. The lowest BCUT2D eigenvalue weighted by atomic mass is 9.87. The third kappa shape index (κ3) is 7.95. The Kier molecular flexibility index (Phi) is 11.3. The van der Waals surface area contributed by atoms with Crippen LogP contribution in [0.2, 0.25) is 0 Å². The first-order chi connectivity index (χ1) is 11.7. The Morgan fingerprint density at radius 1 is 1.12 bits per heavy atom. The van der Waals surface area contributed by atoms with Crippen LogP contribution in [0.5, 0.6) is 0 Å². The number of hydrogen-bond donors (Lipinski definition) is 1. The van der Waals surface area contributed by atoms with Crippen LogP contribution in [0.25, 0.3) is 0 Å². The predicted molar refractivity (Wildman–Crippen MR) is 100 cm³/mol. The van der Waals surface area contributed by atoms with Crippen molar-refractivity contribution in [2.45, 2.75) is 47.0 Å². The van der Waals surface area contributed by atoms with E-state index in [0.717, 1.165) is 76.9 Å². The molecule has 0 aromatic carbocycles. The van der Waals surface area contributed by atoms with Crippen LogP contribution in [0.4, 0.5) is 0 Å². The van der Waals surface area contributed by atoms with Crippen molar-refractivity contribution >= 4 is 5.91 Å². The van der Waals surface area contributed by atoms with Gasteiger partial charge in [0.1, 0.15) is 6.61 Å². The molecule has 2 heterocycles. The van der Waals surface area contributed by atoms with Crippen LogP contribution in [-0.2, 0) is 9.53 Å². The molecule has 0 aromatic heterocycles. The van der Waals surface area contributed by atoms with Gasteiger partial charge in [0.05, 0.1) is 0 Å². The highest BCUT2D eigenvalue weighted by molar-refractivity contribution is 5.77. The molecule has 2 rings (SSSR count). The average molecular weight is 342 g/mol. The molecule has 1 N–H and O–H groups in total. The van der Waals surface area contributed by atoms with Gasteiger partial charge in [0.25, 0.3) is 0 Å². The maximum Gasteiger partial charge on any atom is 0.248 e. The second-order valence-corrected chi connectivity index (χ2v) is 6.96. The van der Waals surface area contributed by atoms with E-state index in [9.17, 15) is 4.79 Å². The molecule has 0 saturated carbocycles. The van der Waals surface area contributed by atoms with Crippen molar-refractivity contribution < 1.29 is 9.53 Å². The first kappa shape index (κ1) is 21.4. The number of likely N-dealkylation sites (tertiary alicyclic amines) is 1. The molecule has 0 aromatic rings. The van der Waals surface area contributed by atoms with Crippen molar-refractivity contribution in [3.63, 3.8) is 0 Å². The summed E-state index contributed by atoms with van der Waals surface area (Å²) in [6, 6.07) is 0. The molecule has 0 aliphatic carbocycles. The summed E-state index contributed by atoms with van der Waals surface area (Å²) in [7, 11) is 0. The molecule has 2 aliphatic rings. The van der Waals surface area contributed by atoms with E-state index in [-0.39, 0.29) is 12.5 Å². The molecule has 5 nitrogen and oxygen atoms in total. The van der Waals surface area contributed by atoms with Crippen LogP contribution in [0.15, 0.2) is 0 Å². The van der Waals surface area contributed by atoms with E-state index in [1.165, 1.54) is 0 Å². The predicted octanol–water partition coefficient (Wildman–Crippen LogP) is 2.22. The van der Waals surface area contributed by atoms with Crippen molar-refractivity contribution in [1.82, 2.24) is 15.1 Å². The fourth-order valence-corrected chi connectivity index (χ4v) is 3.39. The summed E-state index contributed by atoms with van der Waals surface area (Å²) >= 11 is 0. The summed E-state index contributed by atoms with van der Waals surface area (Å²) in [5, 5.41) is 3.35. The van der Waals surface area contributed by atoms with E-state index < -0.39 is 0 Å². The van der Waals surface area contributed by atoms with Gasteiger partial charge in [-0.2, -0.15) is 0 Å². The number of piperidine rings is 1. The molecule has 5 heteroatoms. The molecular weight excluding hydrogens is 302 g/mol. The maximum atomic E-state index is 12.1. The summed E-state index contributed by atoms with van der Waals surface area (Å²) in [5.74, 6) is 1.69. The molecule has 0 atom stereocenters. The Balaban J connectivity index is 0.00000139. The normalized spacial score (nSPS) is 20.0. The zero-order valence-electron chi connectivity index (χ0n) is 16.4. The summed E-state index contributed by atoms with van der Waals surface area (Å²) in [5.41, 5.74) is 0. The fraction of sp³-hybridized carbons (Fsp3) is 0.947. The topological polar surface area (TPSA) is 44.8 Å². The van der Waals surface area contributed by atoms with E-state index in [4.69, 9.17) is 4.74 Å². The van der Waals surface area contributed by atoms with Gasteiger partial charge in [-0.25, -0.2) is 0 Å². The highest BCUT2D eigenvalue weighted by atomic mass is 16.5. The van der Waals surface area contributed by atoms with E-state index in [2.05, 4.69) is 24.1 Å². The smallest absolute Gasteiger partial charge is 0.248 e. The Labute approximate surface area is 149 Å². The zero-order chi connectivity index (χ0) is 17.8. The van der Waals surface area contributed by atoms with Gasteiger partial charge in [-0.05, 0) is 31.1 Å². The second-order valence-electron chi connectivity index (χ2n) is 6.96. The highest BCUT2D eigenvalue weighted by Gasteiger charge is 2.24. The van der Waals surface area contributed by atoms with Crippen molar-refractivity contribution in [2.75, 3.05) is 59.0 Å². The number of piperazine rings is 1. The van der Waals surface area contributed by atoms with Gasteiger partial charge in [-0.1, -0.05) is 27.7 Å². The van der Waals surface area contributed by atoms with Gasteiger partial charge < -0.3 is 19.9 Å². The molecule has 0 bridgehead atoms. The van der Waals surface area contributed by atoms with E-state index in [0.29, 0.717) is 6.61 Å². The lowest BCUT2D eigenvalue weighted by Gasteiger charge is -2.33. The number of rotatable bonds is 7. The Bertz CT molecular complexity index is 323. The Morgan fingerprint density at radius 3 is 2.33 bits per heavy atom. The second kappa shape index (κ2) is 12.7. The van der Waals surface area contributed by atoms with E-state index >= 15 is 0 Å². The number of amides is 1. The molecule has 142 valence electrons.